The topological polar surface area (TPSA) is 21.1 Å². The minimum Gasteiger partial charge on any atom is -0.335 e. The second-order valence-electron chi connectivity index (χ2n) is 6.25. The average molecular weight is 235 g/mol. The lowest BCUT2D eigenvalue weighted by Crippen LogP contribution is -2.47. The van der Waals surface area contributed by atoms with E-state index >= 15 is 0 Å². The summed E-state index contributed by atoms with van der Waals surface area (Å²) in [6.45, 7) is 12.6. The first-order valence-corrected chi connectivity index (χ1v) is 6.69. The lowest BCUT2D eigenvalue weighted by Gasteiger charge is -2.41. The molecule has 3 heteroatoms. The first-order valence-electron chi connectivity index (χ1n) is 6.69. The monoisotopic (exact) mass is 235 g/mol. The highest BCUT2D eigenvalue weighted by Gasteiger charge is 2.27. The minimum absolute atomic E-state index is 0.308. The van der Waals surface area contributed by atoms with Gasteiger partial charge in [0.1, 0.15) is 5.82 Å². The Morgan fingerprint density at radius 3 is 2.76 bits per heavy atom. The number of imidazole rings is 1. The van der Waals surface area contributed by atoms with Gasteiger partial charge in [0.05, 0.1) is 0 Å². The molecule has 0 radical (unpaired) electrons. The fraction of sp³-hybridized carbons (Fsp3) is 0.786. The number of nitrogens with zero attached hydrogens (tertiary/aromatic N) is 3. The van der Waals surface area contributed by atoms with Crippen LogP contribution in [0, 0.1) is 12.8 Å². The third-order valence-corrected chi connectivity index (χ3v) is 3.85. The van der Waals surface area contributed by atoms with Crippen molar-refractivity contribution in [3.63, 3.8) is 0 Å². The molecule has 2 rings (SSSR count). The highest BCUT2D eigenvalue weighted by molar-refractivity contribution is 4.90. The van der Waals surface area contributed by atoms with Crippen LogP contribution in [0.15, 0.2) is 12.4 Å². The number of aryl methyl sites for hydroxylation is 1. The molecule has 1 fully saturated rings. The zero-order valence-corrected chi connectivity index (χ0v) is 11.6. The van der Waals surface area contributed by atoms with E-state index < -0.39 is 0 Å². The predicted molar refractivity (Wildman–Crippen MR) is 71.0 cm³/mol. The number of hydrogen-bond acceptors (Lipinski definition) is 2. The fourth-order valence-electron chi connectivity index (χ4n) is 2.70. The number of piperidine rings is 1. The van der Waals surface area contributed by atoms with Gasteiger partial charge in [0.15, 0.2) is 0 Å². The maximum absolute atomic E-state index is 4.30. The van der Waals surface area contributed by atoms with E-state index in [0.29, 0.717) is 5.54 Å². The summed E-state index contributed by atoms with van der Waals surface area (Å²) in [6.07, 6.45) is 6.69. The Bertz CT molecular complexity index is 362. The molecule has 0 spiro atoms. The minimum atomic E-state index is 0.308. The maximum Gasteiger partial charge on any atom is 0.105 e. The molecule has 1 aliphatic rings. The van der Waals surface area contributed by atoms with Crippen molar-refractivity contribution in [2.45, 2.75) is 52.6 Å². The van der Waals surface area contributed by atoms with Gasteiger partial charge in [-0.3, -0.25) is 4.90 Å². The highest BCUT2D eigenvalue weighted by Crippen LogP contribution is 2.24. The van der Waals surface area contributed by atoms with Crippen LogP contribution in [0.3, 0.4) is 0 Å². The van der Waals surface area contributed by atoms with Gasteiger partial charge < -0.3 is 4.57 Å². The van der Waals surface area contributed by atoms with Crippen molar-refractivity contribution in [1.29, 1.82) is 0 Å². The molecule has 17 heavy (non-hydrogen) atoms. The van der Waals surface area contributed by atoms with Gasteiger partial charge in [-0.25, -0.2) is 4.98 Å². The van der Waals surface area contributed by atoms with Crippen LogP contribution in [0.1, 0.15) is 39.4 Å². The van der Waals surface area contributed by atoms with Crippen LogP contribution in [-0.2, 0) is 6.54 Å². The van der Waals surface area contributed by atoms with E-state index in [2.05, 4.69) is 48.3 Å². The van der Waals surface area contributed by atoms with Crippen molar-refractivity contribution in [2.24, 2.45) is 5.92 Å². The highest BCUT2D eigenvalue weighted by atomic mass is 15.2. The summed E-state index contributed by atoms with van der Waals surface area (Å²) < 4.78 is 2.29. The fourth-order valence-corrected chi connectivity index (χ4v) is 2.70. The van der Waals surface area contributed by atoms with Crippen LogP contribution in [-0.4, -0.2) is 33.1 Å². The Kier molecular flexibility index (Phi) is 3.57. The summed E-state index contributed by atoms with van der Waals surface area (Å²) in [5, 5.41) is 0. The molecule has 1 aromatic heterocycles. The van der Waals surface area contributed by atoms with E-state index in [-0.39, 0.29) is 0 Å². The van der Waals surface area contributed by atoms with Crippen molar-refractivity contribution in [3.8, 4) is 0 Å². The zero-order chi connectivity index (χ0) is 12.5. The molecule has 1 saturated heterocycles. The quantitative estimate of drug-likeness (QED) is 0.786. The second kappa shape index (κ2) is 4.81. The lowest BCUT2D eigenvalue weighted by atomic mass is 9.93. The van der Waals surface area contributed by atoms with Crippen molar-refractivity contribution >= 4 is 0 Å². The van der Waals surface area contributed by atoms with E-state index in [4.69, 9.17) is 0 Å². The van der Waals surface area contributed by atoms with E-state index in [1.54, 1.807) is 0 Å². The van der Waals surface area contributed by atoms with Gasteiger partial charge in [0, 0.05) is 31.0 Å². The van der Waals surface area contributed by atoms with Gasteiger partial charge in [0.2, 0.25) is 0 Å². The van der Waals surface area contributed by atoms with Gasteiger partial charge in [-0.1, -0.05) is 0 Å². The van der Waals surface area contributed by atoms with Crippen LogP contribution in [0.5, 0.6) is 0 Å². The summed E-state index contributed by atoms with van der Waals surface area (Å²) >= 11 is 0. The Balaban J connectivity index is 1.96. The summed E-state index contributed by atoms with van der Waals surface area (Å²) in [4.78, 5) is 6.92. The van der Waals surface area contributed by atoms with Crippen molar-refractivity contribution in [1.82, 2.24) is 14.5 Å². The van der Waals surface area contributed by atoms with E-state index in [9.17, 15) is 0 Å². The molecule has 0 aliphatic carbocycles. The largest absolute Gasteiger partial charge is 0.335 e. The van der Waals surface area contributed by atoms with E-state index in [0.717, 1.165) is 18.3 Å². The van der Waals surface area contributed by atoms with Gasteiger partial charge in [-0.2, -0.15) is 0 Å². The summed E-state index contributed by atoms with van der Waals surface area (Å²) in [7, 11) is 0. The van der Waals surface area contributed by atoms with Crippen molar-refractivity contribution < 1.29 is 0 Å². The van der Waals surface area contributed by atoms with Crippen LogP contribution >= 0.6 is 0 Å². The summed E-state index contributed by atoms with van der Waals surface area (Å²) in [6, 6.07) is 0. The molecule has 2 heterocycles. The molecule has 0 saturated carbocycles. The molecule has 0 unspecified atom stereocenters. The summed E-state index contributed by atoms with van der Waals surface area (Å²) in [5.74, 6) is 1.91. The van der Waals surface area contributed by atoms with Gasteiger partial charge in [-0.05, 0) is 53.0 Å². The summed E-state index contributed by atoms with van der Waals surface area (Å²) in [5.41, 5.74) is 0.308. The van der Waals surface area contributed by atoms with Gasteiger partial charge in [0.25, 0.3) is 0 Å². The first-order chi connectivity index (χ1) is 7.97. The SMILES string of the molecule is Cc1nccn1C[C@H]1CCCN(C(C)(C)C)C1. The molecule has 0 N–H and O–H groups in total. The molecule has 0 amide bonds. The Morgan fingerprint density at radius 1 is 1.41 bits per heavy atom. The average Bonchev–Trinajstić information content (AvgIpc) is 2.64. The molecule has 96 valence electrons. The Hall–Kier alpha value is -0.830. The molecular formula is C14H25N3. The molecule has 0 aromatic carbocycles. The predicted octanol–water partition coefficient (Wildman–Crippen LogP) is 2.70. The van der Waals surface area contributed by atoms with Crippen LogP contribution < -0.4 is 0 Å². The first kappa shape index (κ1) is 12.6. The molecule has 3 nitrogen and oxygen atoms in total. The molecule has 1 atom stereocenters. The third kappa shape index (κ3) is 3.09. The van der Waals surface area contributed by atoms with Crippen LogP contribution in [0.2, 0.25) is 0 Å². The van der Waals surface area contributed by atoms with Gasteiger partial charge >= 0.3 is 0 Å². The molecule has 1 aliphatic heterocycles. The Morgan fingerprint density at radius 2 is 2.18 bits per heavy atom. The third-order valence-electron chi connectivity index (χ3n) is 3.85. The normalized spacial score (nSPS) is 22.9. The standard InChI is InChI=1S/C14H25N3/c1-12-15-7-9-16(12)10-13-6-5-8-17(11-13)14(2,3)4/h7,9,13H,5-6,8,10-11H2,1-4H3/t13-/m1/s1. The van der Waals surface area contributed by atoms with Gasteiger partial charge in [-0.15, -0.1) is 0 Å². The lowest BCUT2D eigenvalue weighted by molar-refractivity contribution is 0.0732. The smallest absolute Gasteiger partial charge is 0.105 e. The number of likely N-dealkylation sites (tertiary alicyclic amines) is 1. The molecule has 0 bridgehead atoms. The van der Waals surface area contributed by atoms with E-state index in [1.165, 1.54) is 25.9 Å². The molecular weight excluding hydrogens is 210 g/mol. The van der Waals surface area contributed by atoms with Crippen LogP contribution in [0.25, 0.3) is 0 Å². The van der Waals surface area contributed by atoms with Crippen molar-refractivity contribution in [2.75, 3.05) is 13.1 Å². The molecule has 1 aromatic rings. The second-order valence-corrected chi connectivity index (χ2v) is 6.25. The Labute approximate surface area is 105 Å². The number of hydrogen-bond donors (Lipinski definition) is 0. The number of rotatable bonds is 2. The van der Waals surface area contributed by atoms with E-state index in [1.807, 2.05) is 6.20 Å². The zero-order valence-electron chi connectivity index (χ0n) is 11.6. The maximum atomic E-state index is 4.30. The number of aromatic nitrogens is 2. The van der Waals surface area contributed by atoms with Crippen molar-refractivity contribution in [3.05, 3.63) is 18.2 Å². The van der Waals surface area contributed by atoms with Crippen LogP contribution in [0.4, 0.5) is 0 Å².